The maximum absolute atomic E-state index is 13.3. The Kier molecular flexibility index (Phi) is 6.68. The van der Waals surface area contributed by atoms with Crippen LogP contribution in [0.3, 0.4) is 0 Å². The monoisotopic (exact) mass is 481 g/mol. The molecule has 2 heterocycles. The van der Waals surface area contributed by atoms with Crippen molar-refractivity contribution in [3.05, 3.63) is 125 Å². The van der Waals surface area contributed by atoms with Gasteiger partial charge in [0.1, 0.15) is 11.6 Å². The van der Waals surface area contributed by atoms with Crippen LogP contribution < -0.4 is 0 Å². The number of benzene rings is 3. The first-order valence-corrected chi connectivity index (χ1v) is 11.7. The van der Waals surface area contributed by atoms with Crippen LogP contribution in [0.25, 0.3) is 17.2 Å². The second kappa shape index (κ2) is 10.4. The first-order valence-electron chi connectivity index (χ1n) is 10.9. The molecule has 0 aliphatic carbocycles. The minimum absolute atomic E-state index is 0.211. The number of halogens is 1. The van der Waals surface area contributed by atoms with Crippen LogP contribution in [-0.4, -0.2) is 22.2 Å². The Morgan fingerprint density at radius 2 is 1.57 bits per heavy atom. The van der Waals surface area contributed by atoms with Gasteiger partial charge in [0.05, 0.1) is 23.9 Å². The van der Waals surface area contributed by atoms with Crippen LogP contribution in [0.5, 0.6) is 0 Å². The smallest absolute Gasteiger partial charge is 0.267 e. The van der Waals surface area contributed by atoms with Gasteiger partial charge in [-0.05, 0) is 64.4 Å². The van der Waals surface area contributed by atoms with E-state index in [1.807, 2.05) is 42.5 Å². The first-order chi connectivity index (χ1) is 17.2. The molecular formula is C28H20FN3O2S. The third-order valence-electron chi connectivity index (χ3n) is 5.32. The summed E-state index contributed by atoms with van der Waals surface area (Å²) in [4.78, 5) is 15.1. The molecule has 1 fully saturated rings. The highest BCUT2D eigenvalue weighted by atomic mass is 32.2. The number of furan rings is 1. The molecule has 1 saturated heterocycles. The summed E-state index contributed by atoms with van der Waals surface area (Å²) in [6.07, 6.45) is 4.93. The van der Waals surface area contributed by atoms with Crippen LogP contribution in [0.15, 0.2) is 117 Å². The summed E-state index contributed by atoms with van der Waals surface area (Å²) in [7, 11) is 0. The molecule has 1 aliphatic rings. The number of hydrogen-bond donors (Lipinski definition) is 0. The largest absolute Gasteiger partial charge is 0.467 e. The Morgan fingerprint density at radius 3 is 2.29 bits per heavy atom. The summed E-state index contributed by atoms with van der Waals surface area (Å²) in [5.41, 5.74) is 3.88. The number of rotatable bonds is 6. The second-order valence-corrected chi connectivity index (χ2v) is 8.76. The quantitative estimate of drug-likeness (QED) is 0.177. The highest BCUT2D eigenvalue weighted by Crippen LogP contribution is 2.34. The van der Waals surface area contributed by atoms with Gasteiger partial charge in [-0.3, -0.25) is 9.69 Å². The van der Waals surface area contributed by atoms with Crippen molar-refractivity contribution in [2.24, 2.45) is 10.2 Å². The lowest BCUT2D eigenvalue weighted by molar-refractivity contribution is -0.122. The molecule has 0 atom stereocenters. The van der Waals surface area contributed by atoms with Crippen LogP contribution >= 0.6 is 11.8 Å². The molecule has 1 amide bonds. The molecule has 0 spiro atoms. The molecule has 4 aromatic rings. The molecule has 3 aromatic carbocycles. The topological polar surface area (TPSA) is 58.2 Å². The first kappa shape index (κ1) is 22.6. The van der Waals surface area contributed by atoms with E-state index in [0.29, 0.717) is 15.8 Å². The molecule has 0 N–H and O–H groups in total. The third-order valence-corrected chi connectivity index (χ3v) is 6.31. The van der Waals surface area contributed by atoms with Crippen molar-refractivity contribution >= 4 is 35.1 Å². The Morgan fingerprint density at radius 1 is 0.857 bits per heavy atom. The van der Waals surface area contributed by atoms with Crippen molar-refractivity contribution in [1.29, 1.82) is 0 Å². The summed E-state index contributed by atoms with van der Waals surface area (Å²) in [5.74, 6) is 0.0949. The van der Waals surface area contributed by atoms with E-state index in [0.717, 1.165) is 22.3 Å². The Hall–Kier alpha value is -4.23. The SMILES string of the molecule is O=C1/C(=C/c2ccc(F)cc2)S/C(=N/N=C\c2ccc(-c3ccccc3)cc2)N1Cc1ccco1. The zero-order chi connectivity index (χ0) is 24.0. The summed E-state index contributed by atoms with van der Waals surface area (Å²) in [5, 5.41) is 9.00. The third kappa shape index (κ3) is 5.47. The van der Waals surface area contributed by atoms with Gasteiger partial charge in [-0.2, -0.15) is 5.10 Å². The predicted octanol–water partition coefficient (Wildman–Crippen LogP) is 6.59. The van der Waals surface area contributed by atoms with E-state index in [1.54, 1.807) is 42.8 Å². The fourth-order valence-electron chi connectivity index (χ4n) is 3.53. The lowest BCUT2D eigenvalue weighted by Crippen LogP contribution is -2.28. The Balaban J connectivity index is 1.37. The van der Waals surface area contributed by atoms with Crippen LogP contribution in [0.4, 0.5) is 4.39 Å². The van der Waals surface area contributed by atoms with Gasteiger partial charge < -0.3 is 4.42 Å². The molecule has 5 rings (SSSR count). The molecule has 172 valence electrons. The number of carbonyl (C=O) groups is 1. The Labute approximate surface area is 206 Å². The van der Waals surface area contributed by atoms with Gasteiger partial charge in [0.2, 0.25) is 0 Å². The average Bonchev–Trinajstić information content (AvgIpc) is 3.51. The van der Waals surface area contributed by atoms with Crippen LogP contribution in [0.2, 0.25) is 0 Å². The van der Waals surface area contributed by atoms with E-state index in [2.05, 4.69) is 22.3 Å². The maximum Gasteiger partial charge on any atom is 0.267 e. The van der Waals surface area contributed by atoms with Gasteiger partial charge in [0.15, 0.2) is 5.17 Å². The molecule has 0 bridgehead atoms. The zero-order valence-electron chi connectivity index (χ0n) is 18.5. The Bertz CT molecular complexity index is 1400. The summed E-state index contributed by atoms with van der Waals surface area (Å²) < 4.78 is 18.7. The molecule has 0 radical (unpaired) electrons. The van der Waals surface area contributed by atoms with Crippen LogP contribution in [0, 0.1) is 5.82 Å². The summed E-state index contributed by atoms with van der Waals surface area (Å²) in [6.45, 7) is 0.236. The van der Waals surface area contributed by atoms with Crippen LogP contribution in [-0.2, 0) is 11.3 Å². The second-order valence-electron chi connectivity index (χ2n) is 7.75. The van der Waals surface area contributed by atoms with E-state index in [-0.39, 0.29) is 18.3 Å². The van der Waals surface area contributed by atoms with Gasteiger partial charge in [0, 0.05) is 0 Å². The lowest BCUT2D eigenvalue weighted by atomic mass is 10.0. The number of nitrogens with zero attached hydrogens (tertiary/aromatic N) is 3. The molecule has 0 unspecified atom stereocenters. The molecule has 35 heavy (non-hydrogen) atoms. The van der Waals surface area contributed by atoms with E-state index in [1.165, 1.54) is 28.8 Å². The van der Waals surface area contributed by atoms with Crippen molar-refractivity contribution in [2.75, 3.05) is 0 Å². The number of thioether (sulfide) groups is 1. The lowest BCUT2D eigenvalue weighted by Gasteiger charge is -2.12. The average molecular weight is 482 g/mol. The van der Waals surface area contributed by atoms with Gasteiger partial charge in [-0.25, -0.2) is 4.39 Å². The van der Waals surface area contributed by atoms with Gasteiger partial charge in [0.25, 0.3) is 5.91 Å². The van der Waals surface area contributed by atoms with E-state index in [4.69, 9.17) is 4.42 Å². The fourth-order valence-corrected chi connectivity index (χ4v) is 4.46. The van der Waals surface area contributed by atoms with E-state index >= 15 is 0 Å². The van der Waals surface area contributed by atoms with Crippen molar-refractivity contribution in [3.63, 3.8) is 0 Å². The number of amidine groups is 1. The van der Waals surface area contributed by atoms with Gasteiger partial charge in [-0.15, -0.1) is 5.10 Å². The van der Waals surface area contributed by atoms with Crippen molar-refractivity contribution in [2.45, 2.75) is 6.54 Å². The molecule has 7 heteroatoms. The number of amides is 1. The van der Waals surface area contributed by atoms with E-state index in [9.17, 15) is 9.18 Å². The summed E-state index contributed by atoms with van der Waals surface area (Å²) in [6, 6.07) is 27.7. The normalized spacial score (nSPS) is 16.1. The highest BCUT2D eigenvalue weighted by molar-refractivity contribution is 8.18. The van der Waals surface area contributed by atoms with Crippen LogP contribution in [0.1, 0.15) is 16.9 Å². The molecule has 1 aliphatic heterocycles. The number of hydrogen-bond acceptors (Lipinski definition) is 5. The van der Waals surface area contributed by atoms with Crippen molar-refractivity contribution in [1.82, 2.24) is 4.90 Å². The molecule has 1 aromatic heterocycles. The van der Waals surface area contributed by atoms with Crippen molar-refractivity contribution in [3.8, 4) is 11.1 Å². The van der Waals surface area contributed by atoms with Crippen molar-refractivity contribution < 1.29 is 13.6 Å². The fraction of sp³-hybridized carbons (Fsp3) is 0.0357. The standard InChI is InChI=1S/C28H20FN3O2S/c29-24-14-10-20(11-15-24)17-26-27(33)32(19-25-7-4-16-34-25)28(35-26)31-30-18-21-8-12-23(13-9-21)22-5-2-1-3-6-22/h1-18H,19H2/b26-17-,30-18-,31-28+. The van der Waals surface area contributed by atoms with Gasteiger partial charge >= 0.3 is 0 Å². The molecule has 5 nitrogen and oxygen atoms in total. The highest BCUT2D eigenvalue weighted by Gasteiger charge is 2.34. The zero-order valence-corrected chi connectivity index (χ0v) is 19.4. The maximum atomic E-state index is 13.3. The molecule has 0 saturated carbocycles. The molecular weight excluding hydrogens is 461 g/mol. The minimum atomic E-state index is -0.328. The number of carbonyl (C=O) groups excluding carboxylic acids is 1. The predicted molar refractivity (Wildman–Crippen MR) is 138 cm³/mol. The van der Waals surface area contributed by atoms with E-state index < -0.39 is 0 Å². The summed E-state index contributed by atoms with van der Waals surface area (Å²) >= 11 is 1.22. The van der Waals surface area contributed by atoms with Gasteiger partial charge in [-0.1, -0.05) is 66.7 Å². The minimum Gasteiger partial charge on any atom is -0.467 e.